The van der Waals surface area contributed by atoms with Gasteiger partial charge in [0, 0.05) is 25.7 Å². The summed E-state index contributed by atoms with van der Waals surface area (Å²) in [4.78, 5) is 28.1. The molecule has 1 fully saturated rings. The van der Waals surface area contributed by atoms with Crippen LogP contribution in [0.15, 0.2) is 24.3 Å². The van der Waals surface area contributed by atoms with Gasteiger partial charge in [0.15, 0.2) is 0 Å². The number of hydrogen-bond acceptors (Lipinski definition) is 4. The molecular formula is C16H21N3O2. The molecule has 1 aromatic rings. The van der Waals surface area contributed by atoms with E-state index in [2.05, 4.69) is 4.90 Å². The van der Waals surface area contributed by atoms with Gasteiger partial charge in [-0.05, 0) is 37.9 Å². The van der Waals surface area contributed by atoms with E-state index in [1.165, 1.54) is 17.7 Å². The molecule has 21 heavy (non-hydrogen) atoms. The van der Waals surface area contributed by atoms with Crippen molar-refractivity contribution in [2.24, 2.45) is 11.7 Å². The van der Waals surface area contributed by atoms with E-state index in [1.807, 2.05) is 7.05 Å². The van der Waals surface area contributed by atoms with Crippen molar-refractivity contribution in [1.82, 2.24) is 9.80 Å². The van der Waals surface area contributed by atoms with Crippen molar-refractivity contribution >= 4 is 11.8 Å². The van der Waals surface area contributed by atoms with E-state index in [4.69, 9.17) is 5.73 Å². The monoisotopic (exact) mass is 287 g/mol. The van der Waals surface area contributed by atoms with Gasteiger partial charge in [-0.1, -0.05) is 12.1 Å². The molecule has 2 amide bonds. The lowest BCUT2D eigenvalue weighted by molar-refractivity contribution is 0.0631. The number of rotatable bonds is 6. The molecule has 1 atom stereocenters. The minimum absolute atomic E-state index is 0.181. The van der Waals surface area contributed by atoms with Crippen molar-refractivity contribution in [3.63, 3.8) is 0 Å². The summed E-state index contributed by atoms with van der Waals surface area (Å²) in [6.07, 6.45) is 2.47. The second kappa shape index (κ2) is 5.58. The average Bonchev–Trinajstić information content (AvgIpc) is 3.29. The van der Waals surface area contributed by atoms with Crippen LogP contribution in [0.3, 0.4) is 0 Å². The van der Waals surface area contributed by atoms with Crippen LogP contribution in [-0.4, -0.2) is 54.3 Å². The van der Waals surface area contributed by atoms with Crippen molar-refractivity contribution in [2.45, 2.75) is 18.9 Å². The Hall–Kier alpha value is -1.72. The fourth-order valence-corrected chi connectivity index (χ4v) is 3.08. The number of hydrogen-bond donors (Lipinski definition) is 1. The van der Waals surface area contributed by atoms with E-state index in [-0.39, 0.29) is 11.8 Å². The van der Waals surface area contributed by atoms with Crippen molar-refractivity contribution in [1.29, 1.82) is 0 Å². The molecule has 1 heterocycles. The molecule has 0 radical (unpaired) electrons. The number of nitrogens with two attached hydrogens (primary N) is 1. The number of carbonyl (C=O) groups excluding carboxylic acids is 2. The predicted molar refractivity (Wildman–Crippen MR) is 80.0 cm³/mol. The summed E-state index contributed by atoms with van der Waals surface area (Å²) in [6.45, 7) is 1.72. The van der Waals surface area contributed by atoms with E-state index < -0.39 is 0 Å². The zero-order valence-electron chi connectivity index (χ0n) is 12.3. The molecule has 1 unspecified atom stereocenters. The summed E-state index contributed by atoms with van der Waals surface area (Å²) in [6, 6.07) is 7.37. The molecule has 5 heteroatoms. The van der Waals surface area contributed by atoms with Gasteiger partial charge in [0.05, 0.1) is 11.1 Å². The largest absolute Gasteiger partial charge is 0.329 e. The first-order chi connectivity index (χ1) is 10.1. The standard InChI is InChI=1S/C16H21N3O2/c1-18(14(10-17)11-6-7-11)8-9-19-15(20)12-4-2-3-5-13(12)16(19)21/h2-5,11,14H,6-10,17H2,1H3. The van der Waals surface area contributed by atoms with E-state index in [0.29, 0.717) is 42.7 Å². The number of fused-ring (bicyclic) bond motifs is 1. The molecular weight excluding hydrogens is 266 g/mol. The van der Waals surface area contributed by atoms with Crippen LogP contribution in [0.2, 0.25) is 0 Å². The fourth-order valence-electron chi connectivity index (χ4n) is 3.08. The van der Waals surface area contributed by atoms with E-state index in [0.717, 1.165) is 0 Å². The number of benzene rings is 1. The molecule has 2 N–H and O–H groups in total. The van der Waals surface area contributed by atoms with Gasteiger partial charge >= 0.3 is 0 Å². The first-order valence-corrected chi connectivity index (χ1v) is 7.49. The summed E-state index contributed by atoms with van der Waals surface area (Å²) < 4.78 is 0. The summed E-state index contributed by atoms with van der Waals surface area (Å²) in [5.74, 6) is 0.321. The van der Waals surface area contributed by atoms with Crippen LogP contribution in [-0.2, 0) is 0 Å². The Bertz CT molecular complexity index is 533. The lowest BCUT2D eigenvalue weighted by atomic mass is 10.1. The highest BCUT2D eigenvalue weighted by Crippen LogP contribution is 2.34. The number of likely N-dealkylation sites (N-methyl/N-ethyl adjacent to an activating group) is 1. The Kier molecular flexibility index (Phi) is 3.78. The molecule has 1 saturated carbocycles. The lowest BCUT2D eigenvalue weighted by Gasteiger charge is -2.28. The van der Waals surface area contributed by atoms with Crippen LogP contribution in [0.1, 0.15) is 33.6 Å². The minimum Gasteiger partial charge on any atom is -0.329 e. The van der Waals surface area contributed by atoms with Crippen LogP contribution in [0, 0.1) is 5.92 Å². The fraction of sp³-hybridized carbons (Fsp3) is 0.500. The Labute approximate surface area is 124 Å². The van der Waals surface area contributed by atoms with Gasteiger partial charge in [-0.2, -0.15) is 0 Å². The Balaban J connectivity index is 1.64. The Morgan fingerprint density at radius 2 is 1.81 bits per heavy atom. The molecule has 112 valence electrons. The highest BCUT2D eigenvalue weighted by atomic mass is 16.2. The predicted octanol–water partition coefficient (Wildman–Crippen LogP) is 0.952. The maximum Gasteiger partial charge on any atom is 0.261 e. The van der Waals surface area contributed by atoms with Gasteiger partial charge in [-0.15, -0.1) is 0 Å². The van der Waals surface area contributed by atoms with Crippen LogP contribution >= 0.6 is 0 Å². The maximum absolute atomic E-state index is 12.3. The molecule has 0 saturated heterocycles. The van der Waals surface area contributed by atoms with Gasteiger partial charge < -0.3 is 10.6 Å². The zero-order valence-corrected chi connectivity index (χ0v) is 12.3. The second-order valence-corrected chi connectivity index (χ2v) is 5.93. The molecule has 3 rings (SSSR count). The SMILES string of the molecule is CN(CCN1C(=O)c2ccccc2C1=O)C(CN)C1CC1. The van der Waals surface area contributed by atoms with Gasteiger partial charge in [0.1, 0.15) is 0 Å². The van der Waals surface area contributed by atoms with Crippen LogP contribution in [0.25, 0.3) is 0 Å². The summed E-state index contributed by atoms with van der Waals surface area (Å²) in [7, 11) is 2.02. The van der Waals surface area contributed by atoms with Crippen LogP contribution in [0.4, 0.5) is 0 Å². The van der Waals surface area contributed by atoms with Gasteiger partial charge in [0.2, 0.25) is 0 Å². The second-order valence-electron chi connectivity index (χ2n) is 5.93. The van der Waals surface area contributed by atoms with Crippen molar-refractivity contribution in [2.75, 3.05) is 26.7 Å². The Morgan fingerprint density at radius 3 is 2.29 bits per heavy atom. The minimum atomic E-state index is -0.181. The smallest absolute Gasteiger partial charge is 0.261 e. The first-order valence-electron chi connectivity index (χ1n) is 7.49. The van der Waals surface area contributed by atoms with Crippen LogP contribution in [0.5, 0.6) is 0 Å². The number of amides is 2. The van der Waals surface area contributed by atoms with Crippen molar-refractivity contribution in [3.05, 3.63) is 35.4 Å². The van der Waals surface area contributed by atoms with Crippen molar-refractivity contribution in [3.8, 4) is 0 Å². The average molecular weight is 287 g/mol. The number of nitrogens with zero attached hydrogens (tertiary/aromatic N) is 2. The van der Waals surface area contributed by atoms with Gasteiger partial charge in [0.25, 0.3) is 11.8 Å². The number of imide groups is 1. The first kappa shape index (κ1) is 14.2. The molecule has 1 aromatic carbocycles. The molecule has 1 aliphatic carbocycles. The van der Waals surface area contributed by atoms with E-state index in [1.54, 1.807) is 24.3 Å². The van der Waals surface area contributed by atoms with E-state index in [9.17, 15) is 9.59 Å². The molecule has 1 aliphatic heterocycles. The van der Waals surface area contributed by atoms with Gasteiger partial charge in [-0.3, -0.25) is 14.5 Å². The molecule has 2 aliphatic rings. The third kappa shape index (κ3) is 2.59. The molecule has 0 spiro atoms. The summed E-state index contributed by atoms with van der Waals surface area (Å²) >= 11 is 0. The summed E-state index contributed by atoms with van der Waals surface area (Å²) in [5.41, 5.74) is 6.87. The maximum atomic E-state index is 12.3. The highest BCUT2D eigenvalue weighted by molar-refractivity contribution is 6.21. The third-order valence-electron chi connectivity index (χ3n) is 4.53. The number of carbonyl (C=O) groups is 2. The van der Waals surface area contributed by atoms with Crippen LogP contribution < -0.4 is 5.73 Å². The topological polar surface area (TPSA) is 66.6 Å². The lowest BCUT2D eigenvalue weighted by Crippen LogP contribution is -2.44. The van der Waals surface area contributed by atoms with Gasteiger partial charge in [-0.25, -0.2) is 0 Å². The third-order valence-corrected chi connectivity index (χ3v) is 4.53. The molecule has 0 aromatic heterocycles. The highest BCUT2D eigenvalue weighted by Gasteiger charge is 2.36. The van der Waals surface area contributed by atoms with Crippen molar-refractivity contribution < 1.29 is 9.59 Å². The molecule has 0 bridgehead atoms. The Morgan fingerprint density at radius 1 is 1.24 bits per heavy atom. The quantitative estimate of drug-likeness (QED) is 0.791. The molecule has 5 nitrogen and oxygen atoms in total. The zero-order chi connectivity index (χ0) is 15.0. The summed E-state index contributed by atoms with van der Waals surface area (Å²) in [5, 5.41) is 0. The van der Waals surface area contributed by atoms with E-state index >= 15 is 0 Å². The normalized spacial score (nSPS) is 19.3.